The number of hydrogen-bond donors (Lipinski definition) is 1. The van der Waals surface area contributed by atoms with Gasteiger partial charge in [0.1, 0.15) is 17.2 Å². The molecule has 1 aliphatic heterocycles. The maximum Gasteiger partial charge on any atom is 0.311 e. The fraction of sp³-hybridized carbons (Fsp3) is 0.250. The van der Waals surface area contributed by atoms with Crippen molar-refractivity contribution in [3.8, 4) is 17.2 Å². The Balaban J connectivity index is 1.27. The Kier molecular flexibility index (Phi) is 7.85. The summed E-state index contributed by atoms with van der Waals surface area (Å²) in [4.78, 5) is 38.8. The zero-order valence-electron chi connectivity index (χ0n) is 20.2. The van der Waals surface area contributed by atoms with E-state index in [4.69, 9.17) is 14.2 Å². The highest BCUT2D eigenvalue weighted by atomic mass is 16.5. The number of amides is 2. The molecule has 1 aliphatic rings. The number of carbonyl (C=O) groups is 3. The molecule has 1 heterocycles. The van der Waals surface area contributed by atoms with Crippen LogP contribution in [-0.2, 0) is 19.1 Å². The van der Waals surface area contributed by atoms with Crippen molar-refractivity contribution in [1.29, 1.82) is 0 Å². The van der Waals surface area contributed by atoms with E-state index in [-0.39, 0.29) is 24.9 Å². The van der Waals surface area contributed by atoms with Gasteiger partial charge in [0.05, 0.1) is 19.1 Å². The van der Waals surface area contributed by atoms with Gasteiger partial charge >= 0.3 is 5.97 Å². The quantitative estimate of drug-likeness (QED) is 0.453. The smallest absolute Gasteiger partial charge is 0.311 e. The van der Waals surface area contributed by atoms with Crippen LogP contribution in [0, 0.1) is 5.92 Å². The van der Waals surface area contributed by atoms with Gasteiger partial charge in [-0.25, -0.2) is 0 Å². The molecule has 0 bridgehead atoms. The minimum atomic E-state index is -0.632. The fourth-order valence-corrected chi connectivity index (χ4v) is 3.95. The Hall–Kier alpha value is -4.33. The van der Waals surface area contributed by atoms with Crippen molar-refractivity contribution in [2.75, 3.05) is 25.2 Å². The first-order chi connectivity index (χ1) is 17.4. The van der Waals surface area contributed by atoms with Crippen LogP contribution >= 0.6 is 0 Å². The first kappa shape index (κ1) is 24.8. The third-order valence-electron chi connectivity index (χ3n) is 5.92. The number of nitrogens with one attached hydrogen (secondary N) is 1. The number of hydrogen-bond acceptors (Lipinski definition) is 6. The highest BCUT2D eigenvalue weighted by Gasteiger charge is 2.36. The summed E-state index contributed by atoms with van der Waals surface area (Å²) in [5.74, 6) is 0.241. The van der Waals surface area contributed by atoms with Crippen molar-refractivity contribution in [2.24, 2.45) is 5.92 Å². The zero-order chi connectivity index (χ0) is 25.5. The standard InChI is InChI=1S/C28H28N2O6/c1-19(20-6-4-3-5-7-20)29-26(31)18-35-28(33)21-16-27(32)30(17-21)22-8-10-24(11-9-22)36-25-14-12-23(34-2)13-15-25/h3-15,19,21H,16-18H2,1-2H3,(H,29,31)/t19-,21+/m0/s1. The van der Waals surface area contributed by atoms with E-state index in [9.17, 15) is 14.4 Å². The van der Waals surface area contributed by atoms with Gasteiger partial charge in [0, 0.05) is 18.7 Å². The number of nitrogens with zero attached hydrogens (tertiary/aromatic N) is 1. The van der Waals surface area contributed by atoms with E-state index < -0.39 is 24.4 Å². The molecule has 8 nitrogen and oxygen atoms in total. The Bertz CT molecular complexity index is 1190. The van der Waals surface area contributed by atoms with E-state index in [1.54, 1.807) is 60.5 Å². The van der Waals surface area contributed by atoms with Gasteiger partial charge < -0.3 is 24.4 Å². The average molecular weight is 489 g/mol. The molecule has 1 fully saturated rings. The number of ether oxygens (including phenoxy) is 3. The monoisotopic (exact) mass is 488 g/mol. The van der Waals surface area contributed by atoms with Crippen LogP contribution in [0.2, 0.25) is 0 Å². The van der Waals surface area contributed by atoms with Gasteiger partial charge in [-0.2, -0.15) is 0 Å². The maximum atomic E-state index is 12.6. The Morgan fingerprint density at radius 2 is 1.56 bits per heavy atom. The van der Waals surface area contributed by atoms with Crippen LogP contribution in [-0.4, -0.2) is 38.0 Å². The first-order valence-electron chi connectivity index (χ1n) is 11.7. The van der Waals surface area contributed by atoms with Gasteiger partial charge in [-0.05, 0) is 61.0 Å². The average Bonchev–Trinajstić information content (AvgIpc) is 3.30. The number of esters is 1. The highest BCUT2D eigenvalue weighted by Crippen LogP contribution is 2.29. The van der Waals surface area contributed by atoms with Gasteiger partial charge in [0.2, 0.25) is 5.91 Å². The molecule has 2 amide bonds. The van der Waals surface area contributed by atoms with E-state index in [1.165, 1.54) is 0 Å². The molecule has 8 heteroatoms. The van der Waals surface area contributed by atoms with E-state index in [0.717, 1.165) is 11.3 Å². The predicted molar refractivity (Wildman–Crippen MR) is 134 cm³/mol. The van der Waals surface area contributed by atoms with Gasteiger partial charge in [0.15, 0.2) is 6.61 Å². The molecule has 4 rings (SSSR count). The number of methoxy groups -OCH3 is 1. The molecule has 0 spiro atoms. The lowest BCUT2D eigenvalue weighted by atomic mass is 10.1. The highest BCUT2D eigenvalue weighted by molar-refractivity contribution is 5.99. The minimum absolute atomic E-state index is 0.0327. The normalized spacial score (nSPS) is 15.8. The molecular formula is C28H28N2O6. The molecule has 186 valence electrons. The van der Waals surface area contributed by atoms with Crippen molar-refractivity contribution in [3.63, 3.8) is 0 Å². The summed E-state index contributed by atoms with van der Waals surface area (Å²) in [7, 11) is 1.60. The summed E-state index contributed by atoms with van der Waals surface area (Å²) in [6, 6.07) is 23.6. The summed E-state index contributed by atoms with van der Waals surface area (Å²) in [5.41, 5.74) is 1.61. The summed E-state index contributed by atoms with van der Waals surface area (Å²) >= 11 is 0. The Labute approximate surface area is 209 Å². The number of anilines is 1. The largest absolute Gasteiger partial charge is 0.497 e. The molecule has 0 radical (unpaired) electrons. The molecule has 3 aromatic carbocycles. The molecule has 0 aromatic heterocycles. The lowest BCUT2D eigenvalue weighted by Gasteiger charge is -2.17. The van der Waals surface area contributed by atoms with Crippen molar-refractivity contribution in [3.05, 3.63) is 84.4 Å². The van der Waals surface area contributed by atoms with Crippen LogP contribution in [0.15, 0.2) is 78.9 Å². The molecule has 0 aliphatic carbocycles. The maximum absolute atomic E-state index is 12.6. The second kappa shape index (κ2) is 11.4. The summed E-state index contributed by atoms with van der Waals surface area (Å²) in [6.07, 6.45) is 0.0327. The second-order valence-corrected chi connectivity index (χ2v) is 8.48. The summed E-state index contributed by atoms with van der Waals surface area (Å²) in [6.45, 7) is 1.66. The Morgan fingerprint density at radius 3 is 2.19 bits per heavy atom. The minimum Gasteiger partial charge on any atom is -0.497 e. The van der Waals surface area contributed by atoms with Crippen molar-refractivity contribution < 1.29 is 28.6 Å². The molecule has 36 heavy (non-hydrogen) atoms. The van der Waals surface area contributed by atoms with Crippen molar-refractivity contribution in [1.82, 2.24) is 5.32 Å². The van der Waals surface area contributed by atoms with Gasteiger partial charge in [-0.3, -0.25) is 14.4 Å². The second-order valence-electron chi connectivity index (χ2n) is 8.48. The van der Waals surface area contributed by atoms with Crippen LogP contribution in [0.25, 0.3) is 0 Å². The van der Waals surface area contributed by atoms with Crippen LogP contribution in [0.3, 0.4) is 0 Å². The van der Waals surface area contributed by atoms with Crippen LogP contribution < -0.4 is 19.7 Å². The fourth-order valence-electron chi connectivity index (χ4n) is 3.95. The van der Waals surface area contributed by atoms with E-state index in [0.29, 0.717) is 17.2 Å². The lowest BCUT2D eigenvalue weighted by Crippen LogP contribution is -2.32. The van der Waals surface area contributed by atoms with Crippen molar-refractivity contribution >= 4 is 23.5 Å². The first-order valence-corrected chi connectivity index (χ1v) is 11.7. The molecule has 1 N–H and O–H groups in total. The van der Waals surface area contributed by atoms with Gasteiger partial charge in [-0.1, -0.05) is 30.3 Å². The third kappa shape index (κ3) is 6.21. The zero-order valence-corrected chi connectivity index (χ0v) is 20.2. The molecule has 0 unspecified atom stereocenters. The molecule has 1 saturated heterocycles. The molecular weight excluding hydrogens is 460 g/mol. The van der Waals surface area contributed by atoms with E-state index >= 15 is 0 Å². The third-order valence-corrected chi connectivity index (χ3v) is 5.92. The van der Waals surface area contributed by atoms with Crippen molar-refractivity contribution in [2.45, 2.75) is 19.4 Å². The molecule has 0 saturated carbocycles. The summed E-state index contributed by atoms with van der Waals surface area (Å²) in [5, 5.41) is 2.80. The van der Waals surface area contributed by atoms with Crippen LogP contribution in [0.1, 0.15) is 24.9 Å². The van der Waals surface area contributed by atoms with E-state index in [1.807, 2.05) is 37.3 Å². The molecule has 2 atom stereocenters. The van der Waals surface area contributed by atoms with Crippen LogP contribution in [0.4, 0.5) is 5.69 Å². The molecule has 3 aromatic rings. The SMILES string of the molecule is COc1ccc(Oc2ccc(N3C[C@H](C(=O)OCC(=O)N[C@@H](C)c4ccccc4)CC3=O)cc2)cc1. The van der Waals surface area contributed by atoms with Crippen LogP contribution in [0.5, 0.6) is 17.2 Å². The topological polar surface area (TPSA) is 94.2 Å². The number of benzene rings is 3. The van der Waals surface area contributed by atoms with E-state index in [2.05, 4.69) is 5.32 Å². The number of rotatable bonds is 9. The van der Waals surface area contributed by atoms with Gasteiger partial charge in [-0.15, -0.1) is 0 Å². The van der Waals surface area contributed by atoms with Gasteiger partial charge in [0.25, 0.3) is 5.91 Å². The predicted octanol–water partition coefficient (Wildman–Crippen LogP) is 4.26. The summed E-state index contributed by atoms with van der Waals surface area (Å²) < 4.78 is 16.2. The number of carbonyl (C=O) groups excluding carboxylic acids is 3. The lowest BCUT2D eigenvalue weighted by molar-refractivity contribution is -0.152. The Morgan fingerprint density at radius 1 is 0.944 bits per heavy atom.